The van der Waals surface area contributed by atoms with E-state index in [0.29, 0.717) is 6.42 Å². The number of hydrogen-bond acceptors (Lipinski definition) is 2. The molecule has 3 heteroatoms. The summed E-state index contributed by atoms with van der Waals surface area (Å²) in [5.74, 6) is 0.173. The minimum absolute atomic E-state index is 0.104. The van der Waals surface area contributed by atoms with Gasteiger partial charge in [-0.2, -0.15) is 0 Å². The second-order valence-corrected chi connectivity index (χ2v) is 4.21. The molecule has 72 valence electrons. The van der Waals surface area contributed by atoms with Gasteiger partial charge in [-0.3, -0.25) is 4.79 Å². The first-order chi connectivity index (χ1) is 5.33. The number of hydrogen-bond donors (Lipinski definition) is 1. The Morgan fingerprint density at radius 1 is 1.33 bits per heavy atom. The molecule has 0 fully saturated rings. The van der Waals surface area contributed by atoms with Crippen molar-refractivity contribution in [2.45, 2.75) is 32.7 Å². The normalized spacial score (nSPS) is 11.4. The van der Waals surface area contributed by atoms with Crippen molar-refractivity contribution in [1.82, 2.24) is 10.2 Å². The summed E-state index contributed by atoms with van der Waals surface area (Å²) in [4.78, 5) is 12.7. The number of nitrogens with zero attached hydrogens (tertiary/aromatic N) is 1. The summed E-state index contributed by atoms with van der Waals surface area (Å²) in [6.45, 7) is 7.02. The van der Waals surface area contributed by atoms with Crippen LogP contribution in [0.15, 0.2) is 0 Å². The minimum atomic E-state index is 0.104. The van der Waals surface area contributed by atoms with Crippen LogP contribution in [-0.4, -0.2) is 37.0 Å². The Morgan fingerprint density at radius 3 is 2.17 bits per heavy atom. The third kappa shape index (κ3) is 6.16. The highest BCUT2D eigenvalue weighted by molar-refractivity contribution is 5.75. The summed E-state index contributed by atoms with van der Waals surface area (Å²) in [7, 11) is 3.55. The predicted octanol–water partition coefficient (Wildman–Crippen LogP) is 0.853. The van der Waals surface area contributed by atoms with Crippen LogP contribution in [-0.2, 0) is 4.79 Å². The smallest absolute Gasteiger partial charge is 0.223 e. The standard InChI is InChI=1S/C9H20N2O/c1-9(2,3)10-7-6-8(12)11(4)5/h10H,6-7H2,1-5H3. The Kier molecular flexibility index (Phi) is 4.24. The zero-order chi connectivity index (χ0) is 9.78. The second-order valence-electron chi connectivity index (χ2n) is 4.21. The van der Waals surface area contributed by atoms with Gasteiger partial charge in [-0.05, 0) is 20.8 Å². The molecular formula is C9H20N2O. The van der Waals surface area contributed by atoms with Gasteiger partial charge in [0.15, 0.2) is 0 Å². The van der Waals surface area contributed by atoms with Gasteiger partial charge in [0.1, 0.15) is 0 Å². The van der Waals surface area contributed by atoms with Crippen LogP contribution in [0.4, 0.5) is 0 Å². The highest BCUT2D eigenvalue weighted by Crippen LogP contribution is 1.98. The maximum Gasteiger partial charge on any atom is 0.223 e. The maximum atomic E-state index is 11.1. The van der Waals surface area contributed by atoms with Gasteiger partial charge in [0.2, 0.25) is 5.91 Å². The number of carbonyl (C=O) groups is 1. The van der Waals surface area contributed by atoms with Crippen molar-refractivity contribution in [2.75, 3.05) is 20.6 Å². The van der Waals surface area contributed by atoms with E-state index in [9.17, 15) is 4.79 Å². The molecule has 0 aliphatic heterocycles. The maximum absolute atomic E-state index is 11.1. The summed E-state index contributed by atoms with van der Waals surface area (Å²) in [6.07, 6.45) is 0.574. The molecule has 1 N–H and O–H groups in total. The van der Waals surface area contributed by atoms with Crippen molar-refractivity contribution in [3.8, 4) is 0 Å². The van der Waals surface area contributed by atoms with Crippen LogP contribution in [0.5, 0.6) is 0 Å². The Balaban J connectivity index is 3.51. The van der Waals surface area contributed by atoms with E-state index in [4.69, 9.17) is 0 Å². The molecule has 0 rings (SSSR count). The van der Waals surface area contributed by atoms with Gasteiger partial charge in [0.05, 0.1) is 0 Å². The number of nitrogens with one attached hydrogen (secondary N) is 1. The zero-order valence-electron chi connectivity index (χ0n) is 8.77. The molecule has 0 saturated carbocycles. The molecule has 0 unspecified atom stereocenters. The van der Waals surface area contributed by atoms with Crippen LogP contribution in [0.3, 0.4) is 0 Å². The topological polar surface area (TPSA) is 32.3 Å². The van der Waals surface area contributed by atoms with Crippen LogP contribution in [0.25, 0.3) is 0 Å². The lowest BCUT2D eigenvalue weighted by molar-refractivity contribution is -0.128. The highest BCUT2D eigenvalue weighted by atomic mass is 16.2. The summed E-state index contributed by atoms with van der Waals surface area (Å²) >= 11 is 0. The summed E-state index contributed by atoms with van der Waals surface area (Å²) < 4.78 is 0. The Bertz CT molecular complexity index is 147. The van der Waals surface area contributed by atoms with Crippen LogP contribution < -0.4 is 5.32 Å². The lowest BCUT2D eigenvalue weighted by Gasteiger charge is -2.20. The molecule has 0 radical (unpaired) electrons. The van der Waals surface area contributed by atoms with Gasteiger partial charge in [0.25, 0.3) is 0 Å². The van der Waals surface area contributed by atoms with E-state index < -0.39 is 0 Å². The Morgan fingerprint density at radius 2 is 1.83 bits per heavy atom. The van der Waals surface area contributed by atoms with Gasteiger partial charge >= 0.3 is 0 Å². The number of amides is 1. The van der Waals surface area contributed by atoms with E-state index >= 15 is 0 Å². The predicted molar refractivity (Wildman–Crippen MR) is 51.1 cm³/mol. The van der Waals surface area contributed by atoms with Crippen molar-refractivity contribution >= 4 is 5.91 Å². The highest BCUT2D eigenvalue weighted by Gasteiger charge is 2.09. The van der Waals surface area contributed by atoms with Crippen molar-refractivity contribution < 1.29 is 4.79 Å². The van der Waals surface area contributed by atoms with Crippen molar-refractivity contribution in [3.63, 3.8) is 0 Å². The number of rotatable bonds is 3. The molecule has 0 atom stereocenters. The van der Waals surface area contributed by atoms with Crippen molar-refractivity contribution in [1.29, 1.82) is 0 Å². The second kappa shape index (κ2) is 4.45. The Hall–Kier alpha value is -0.570. The molecule has 0 aliphatic carbocycles. The fourth-order valence-corrected chi connectivity index (χ4v) is 0.768. The summed E-state index contributed by atoms with van der Waals surface area (Å²) in [5, 5.41) is 3.26. The van der Waals surface area contributed by atoms with Crippen LogP contribution in [0, 0.1) is 0 Å². The van der Waals surface area contributed by atoms with E-state index in [1.165, 1.54) is 0 Å². The Labute approximate surface area is 75.1 Å². The summed E-state index contributed by atoms with van der Waals surface area (Å²) in [5.41, 5.74) is 0.104. The molecule has 0 saturated heterocycles. The zero-order valence-corrected chi connectivity index (χ0v) is 8.77. The lowest BCUT2D eigenvalue weighted by atomic mass is 10.1. The number of carbonyl (C=O) groups excluding carboxylic acids is 1. The molecule has 0 aromatic carbocycles. The monoisotopic (exact) mass is 172 g/mol. The fourth-order valence-electron chi connectivity index (χ4n) is 0.768. The summed E-state index contributed by atoms with van der Waals surface area (Å²) in [6, 6.07) is 0. The van der Waals surface area contributed by atoms with E-state index in [1.807, 2.05) is 0 Å². The molecule has 0 spiro atoms. The van der Waals surface area contributed by atoms with E-state index in [0.717, 1.165) is 6.54 Å². The molecule has 0 aromatic heterocycles. The van der Waals surface area contributed by atoms with E-state index in [1.54, 1.807) is 19.0 Å². The molecule has 1 amide bonds. The van der Waals surface area contributed by atoms with Gasteiger partial charge in [-0.1, -0.05) is 0 Å². The van der Waals surface area contributed by atoms with E-state index in [-0.39, 0.29) is 11.4 Å². The third-order valence-electron chi connectivity index (χ3n) is 1.49. The van der Waals surface area contributed by atoms with Crippen LogP contribution >= 0.6 is 0 Å². The molecule has 0 bridgehead atoms. The largest absolute Gasteiger partial charge is 0.349 e. The molecular weight excluding hydrogens is 152 g/mol. The quantitative estimate of drug-likeness (QED) is 0.684. The fraction of sp³-hybridized carbons (Fsp3) is 0.889. The van der Waals surface area contributed by atoms with Gasteiger partial charge in [0, 0.05) is 32.6 Å². The minimum Gasteiger partial charge on any atom is -0.349 e. The van der Waals surface area contributed by atoms with Crippen molar-refractivity contribution in [2.24, 2.45) is 0 Å². The average molecular weight is 172 g/mol. The molecule has 0 aliphatic rings. The van der Waals surface area contributed by atoms with Crippen molar-refractivity contribution in [3.05, 3.63) is 0 Å². The van der Waals surface area contributed by atoms with Gasteiger partial charge in [-0.15, -0.1) is 0 Å². The molecule has 3 nitrogen and oxygen atoms in total. The lowest BCUT2D eigenvalue weighted by Crippen LogP contribution is -2.38. The van der Waals surface area contributed by atoms with E-state index in [2.05, 4.69) is 26.1 Å². The first-order valence-corrected chi connectivity index (χ1v) is 4.28. The third-order valence-corrected chi connectivity index (χ3v) is 1.49. The SMILES string of the molecule is CN(C)C(=O)CCNC(C)(C)C. The molecule has 0 heterocycles. The molecule has 0 aromatic rings. The first kappa shape index (κ1) is 11.4. The van der Waals surface area contributed by atoms with Crippen LogP contribution in [0.1, 0.15) is 27.2 Å². The molecule has 12 heavy (non-hydrogen) atoms. The average Bonchev–Trinajstić information content (AvgIpc) is 1.84. The first-order valence-electron chi connectivity index (χ1n) is 4.28. The van der Waals surface area contributed by atoms with Crippen LogP contribution in [0.2, 0.25) is 0 Å². The van der Waals surface area contributed by atoms with Gasteiger partial charge in [-0.25, -0.2) is 0 Å². The van der Waals surface area contributed by atoms with Gasteiger partial charge < -0.3 is 10.2 Å².